The van der Waals surface area contributed by atoms with E-state index >= 15 is 4.39 Å². The molecule has 0 saturated heterocycles. The molecule has 1 aromatic carbocycles. The van der Waals surface area contributed by atoms with Crippen LogP contribution in [0.2, 0.25) is 0 Å². The first-order valence-corrected chi connectivity index (χ1v) is 9.81. The van der Waals surface area contributed by atoms with Gasteiger partial charge in [0.15, 0.2) is 17.3 Å². The van der Waals surface area contributed by atoms with E-state index in [9.17, 15) is 14.7 Å². The molecule has 0 fully saturated rings. The minimum absolute atomic E-state index is 0. The van der Waals surface area contributed by atoms with Crippen LogP contribution in [0.5, 0.6) is 11.5 Å². The van der Waals surface area contributed by atoms with Gasteiger partial charge in [0, 0.05) is 37.9 Å². The summed E-state index contributed by atoms with van der Waals surface area (Å²) in [6.45, 7) is 4.95. The van der Waals surface area contributed by atoms with E-state index in [2.05, 4.69) is 0 Å². The first kappa shape index (κ1) is 24.7. The lowest BCUT2D eigenvalue weighted by molar-refractivity contribution is 0.0693. The lowest BCUT2D eigenvalue weighted by Gasteiger charge is -2.34. The summed E-state index contributed by atoms with van der Waals surface area (Å²) in [6.07, 6.45) is 2.49. The van der Waals surface area contributed by atoms with Crippen molar-refractivity contribution < 1.29 is 28.5 Å². The Balaban J connectivity index is 0.00000341. The Morgan fingerprint density at radius 2 is 1.97 bits per heavy atom. The minimum Gasteiger partial charge on any atom is -0.493 e. The lowest BCUT2D eigenvalue weighted by atomic mass is 9.87. The van der Waals surface area contributed by atoms with Gasteiger partial charge in [-0.05, 0) is 30.0 Å². The molecule has 0 bridgehead atoms. The number of ether oxygens (including phenoxy) is 3. The molecule has 0 radical (unpaired) electrons. The molecule has 7 nitrogen and oxygen atoms in total. The van der Waals surface area contributed by atoms with Crippen LogP contribution in [0.4, 0.5) is 4.39 Å². The maximum absolute atomic E-state index is 15.2. The normalized spacial score (nSPS) is 14.5. The van der Waals surface area contributed by atoms with Gasteiger partial charge in [-0.3, -0.25) is 4.79 Å². The largest absolute Gasteiger partial charge is 0.493 e. The van der Waals surface area contributed by atoms with Crippen molar-refractivity contribution >= 4 is 19.5 Å². The molecule has 0 amide bonds. The molecule has 1 aromatic heterocycles. The molecular formula is C22H28FNO6S. The van der Waals surface area contributed by atoms with Gasteiger partial charge in [-0.25, -0.2) is 9.18 Å². The van der Waals surface area contributed by atoms with Crippen LogP contribution < -0.4 is 14.9 Å². The van der Waals surface area contributed by atoms with Crippen LogP contribution >= 0.6 is 13.5 Å². The molecule has 0 unspecified atom stereocenters. The van der Waals surface area contributed by atoms with Crippen molar-refractivity contribution in [3.63, 3.8) is 0 Å². The van der Waals surface area contributed by atoms with Crippen molar-refractivity contribution in [3.05, 3.63) is 45.5 Å². The third kappa shape index (κ3) is 4.72. The van der Waals surface area contributed by atoms with E-state index in [1.54, 1.807) is 17.7 Å². The van der Waals surface area contributed by atoms with Crippen LogP contribution in [0.25, 0.3) is 11.3 Å². The average Bonchev–Trinajstić information content (AvgIpc) is 2.71. The highest BCUT2D eigenvalue weighted by molar-refractivity contribution is 7.59. The van der Waals surface area contributed by atoms with Crippen LogP contribution in [0.1, 0.15) is 42.2 Å². The molecule has 9 heteroatoms. The Morgan fingerprint density at radius 1 is 1.26 bits per heavy atom. The molecule has 3 rings (SSSR count). The van der Waals surface area contributed by atoms with Crippen molar-refractivity contribution in [3.8, 4) is 22.8 Å². The number of methoxy groups -OCH3 is 2. The van der Waals surface area contributed by atoms with Crippen LogP contribution in [-0.2, 0) is 11.2 Å². The summed E-state index contributed by atoms with van der Waals surface area (Å²) >= 11 is 0. The number of carboxylic acid groups (broad SMARTS) is 1. The third-order valence-electron chi connectivity index (χ3n) is 5.36. The average molecular weight is 454 g/mol. The molecule has 1 aliphatic rings. The SMILES string of the molecule is COCCCOc1cc2c(cc1OC)-c1c(F)c(=O)c(C(=O)O)cn1[C@H](C(C)C)C2.S. The molecule has 0 spiro atoms. The van der Waals surface area contributed by atoms with Crippen molar-refractivity contribution in [2.75, 3.05) is 27.4 Å². The number of hydrogen-bond donors (Lipinski definition) is 1. The second-order valence-corrected chi connectivity index (χ2v) is 7.62. The van der Waals surface area contributed by atoms with Gasteiger partial charge in [0.05, 0.1) is 19.4 Å². The summed E-state index contributed by atoms with van der Waals surface area (Å²) in [6, 6.07) is 3.25. The Labute approximate surface area is 187 Å². The van der Waals surface area contributed by atoms with E-state index in [0.717, 1.165) is 5.56 Å². The standard InChI is InChI=1S/C22H26FNO6.H2S/c1-12(2)16-8-13-9-18(30-7-5-6-28-3)17(29-4)10-14(13)20-19(23)21(25)15(22(26)27)11-24(16)20;/h9-12,16H,5-8H2,1-4H3,(H,26,27);1H2/t16-;/m0./s1. The Hall–Kier alpha value is -2.52. The van der Waals surface area contributed by atoms with Crippen LogP contribution in [0, 0.1) is 11.7 Å². The maximum atomic E-state index is 15.2. The fourth-order valence-corrected chi connectivity index (χ4v) is 3.80. The monoisotopic (exact) mass is 453 g/mol. The van der Waals surface area contributed by atoms with Gasteiger partial charge in [0.2, 0.25) is 5.43 Å². The number of pyridine rings is 1. The third-order valence-corrected chi connectivity index (χ3v) is 5.36. The highest BCUT2D eigenvalue weighted by Gasteiger charge is 2.32. The molecule has 2 aromatic rings. The Kier molecular flexibility index (Phi) is 8.14. The second-order valence-electron chi connectivity index (χ2n) is 7.62. The molecule has 31 heavy (non-hydrogen) atoms. The zero-order chi connectivity index (χ0) is 22.0. The Bertz CT molecular complexity index is 1020. The number of hydrogen-bond acceptors (Lipinski definition) is 5. The summed E-state index contributed by atoms with van der Waals surface area (Å²) in [5, 5.41) is 9.33. The van der Waals surface area contributed by atoms with E-state index < -0.39 is 22.8 Å². The number of fused-ring (bicyclic) bond motifs is 3. The highest BCUT2D eigenvalue weighted by Crippen LogP contribution is 2.43. The smallest absolute Gasteiger partial charge is 0.341 e. The minimum atomic E-state index is -1.44. The van der Waals surface area contributed by atoms with E-state index in [1.165, 1.54) is 13.3 Å². The Morgan fingerprint density at radius 3 is 2.55 bits per heavy atom. The predicted octanol–water partition coefficient (Wildman–Crippen LogP) is 3.64. The number of aromatic carboxylic acids is 1. The predicted molar refractivity (Wildman–Crippen MR) is 120 cm³/mol. The van der Waals surface area contributed by atoms with Gasteiger partial charge in [-0.1, -0.05) is 13.8 Å². The molecule has 1 atom stereocenters. The number of carbonyl (C=O) groups is 1. The van der Waals surface area contributed by atoms with E-state index in [1.807, 2.05) is 19.9 Å². The first-order valence-electron chi connectivity index (χ1n) is 9.81. The van der Waals surface area contributed by atoms with Gasteiger partial charge in [-0.15, -0.1) is 0 Å². The summed E-state index contributed by atoms with van der Waals surface area (Å²) < 4.78 is 33.0. The number of rotatable bonds is 8. The molecule has 1 N–H and O–H groups in total. The van der Waals surface area contributed by atoms with Crippen LogP contribution in [0.15, 0.2) is 23.1 Å². The summed E-state index contributed by atoms with van der Waals surface area (Å²) in [5.41, 5.74) is -0.301. The van der Waals surface area contributed by atoms with E-state index in [-0.39, 0.29) is 31.1 Å². The van der Waals surface area contributed by atoms with Gasteiger partial charge in [0.25, 0.3) is 0 Å². The van der Waals surface area contributed by atoms with Crippen molar-refractivity contribution in [2.45, 2.75) is 32.7 Å². The molecular weight excluding hydrogens is 425 g/mol. The van der Waals surface area contributed by atoms with E-state index in [4.69, 9.17) is 14.2 Å². The lowest BCUT2D eigenvalue weighted by Crippen LogP contribution is -2.30. The zero-order valence-electron chi connectivity index (χ0n) is 18.0. The summed E-state index contributed by atoms with van der Waals surface area (Å²) in [5.74, 6) is -1.49. The fraction of sp³-hybridized carbons (Fsp3) is 0.455. The van der Waals surface area contributed by atoms with Gasteiger partial charge >= 0.3 is 5.97 Å². The molecule has 1 aliphatic heterocycles. The second kappa shape index (κ2) is 10.2. The number of benzene rings is 1. The fourth-order valence-electron chi connectivity index (χ4n) is 3.80. The van der Waals surface area contributed by atoms with Gasteiger partial charge in [-0.2, -0.15) is 13.5 Å². The maximum Gasteiger partial charge on any atom is 0.341 e. The highest BCUT2D eigenvalue weighted by atomic mass is 32.1. The topological polar surface area (TPSA) is 87.0 Å². The zero-order valence-corrected chi connectivity index (χ0v) is 19.0. The quantitative estimate of drug-likeness (QED) is 0.614. The molecule has 170 valence electrons. The van der Waals surface area contributed by atoms with Crippen molar-refractivity contribution in [1.82, 2.24) is 4.57 Å². The number of halogens is 1. The number of aromatic nitrogens is 1. The van der Waals surface area contributed by atoms with Gasteiger partial charge in [0.1, 0.15) is 5.56 Å². The van der Waals surface area contributed by atoms with Crippen LogP contribution in [-0.4, -0.2) is 43.1 Å². The summed E-state index contributed by atoms with van der Waals surface area (Å²) in [4.78, 5) is 23.8. The number of carboxylic acids is 1. The van der Waals surface area contributed by atoms with E-state index in [0.29, 0.717) is 43.1 Å². The van der Waals surface area contributed by atoms with Crippen LogP contribution in [0.3, 0.4) is 0 Å². The van der Waals surface area contributed by atoms with Gasteiger partial charge < -0.3 is 23.9 Å². The first-order chi connectivity index (χ1) is 14.3. The molecule has 2 heterocycles. The molecule has 0 aliphatic carbocycles. The number of nitrogens with zero attached hydrogens (tertiary/aromatic N) is 1. The molecule has 0 saturated carbocycles. The van der Waals surface area contributed by atoms with Crippen molar-refractivity contribution in [2.24, 2.45) is 5.92 Å². The van der Waals surface area contributed by atoms with Crippen molar-refractivity contribution in [1.29, 1.82) is 0 Å². The summed E-state index contributed by atoms with van der Waals surface area (Å²) in [7, 11) is 3.11.